The molecule has 1 fully saturated rings. The average molecular weight is 369 g/mol. The van der Waals surface area contributed by atoms with E-state index in [-0.39, 0.29) is 11.9 Å². The summed E-state index contributed by atoms with van der Waals surface area (Å²) in [6, 6.07) is 1.69. The van der Waals surface area contributed by atoms with Crippen LogP contribution in [0.4, 0.5) is 4.79 Å². The molecule has 3 heterocycles. The number of carbonyl (C=O) groups excluding carboxylic acids is 2. The molecule has 1 saturated heterocycles. The van der Waals surface area contributed by atoms with Gasteiger partial charge in [-0.3, -0.25) is 4.79 Å². The number of hydrogen-bond donors (Lipinski definition) is 0. The summed E-state index contributed by atoms with van der Waals surface area (Å²) in [5, 5.41) is 0. The number of ether oxygens (including phenoxy) is 2. The minimum absolute atomic E-state index is 0.0638. The second-order valence-corrected chi connectivity index (χ2v) is 6.39. The topological polar surface area (TPSA) is 68.7 Å². The molecule has 0 aliphatic carbocycles. The molecule has 0 N–H and O–H groups in total. The van der Waals surface area contributed by atoms with Gasteiger partial charge in [0.15, 0.2) is 5.78 Å². The van der Waals surface area contributed by atoms with Crippen molar-refractivity contribution in [3.05, 3.63) is 22.4 Å². The minimum Gasteiger partial charge on any atom is -0.484 e. The van der Waals surface area contributed by atoms with E-state index in [0.717, 1.165) is 0 Å². The first-order valence-electron chi connectivity index (χ1n) is 7.32. The number of halogens is 1. The number of piperidine rings is 1. The number of carbonyl (C=O) groups is 2. The molecule has 1 aromatic rings. The molecule has 0 aromatic carbocycles. The first-order chi connectivity index (χ1) is 10.5. The zero-order valence-corrected chi connectivity index (χ0v) is 13.9. The van der Waals surface area contributed by atoms with Crippen molar-refractivity contribution in [1.29, 1.82) is 0 Å². The molecule has 3 rings (SSSR count). The van der Waals surface area contributed by atoms with Gasteiger partial charge in [-0.2, -0.15) is 0 Å². The van der Waals surface area contributed by atoms with Crippen LogP contribution < -0.4 is 4.74 Å². The van der Waals surface area contributed by atoms with Gasteiger partial charge in [-0.15, -0.1) is 0 Å². The van der Waals surface area contributed by atoms with Gasteiger partial charge >= 0.3 is 6.09 Å². The van der Waals surface area contributed by atoms with Crippen molar-refractivity contribution < 1.29 is 19.1 Å². The molecule has 1 aromatic heterocycles. The second kappa shape index (κ2) is 5.87. The smallest absolute Gasteiger partial charge is 0.409 e. The number of rotatable bonds is 1. The Hall–Kier alpha value is -1.63. The molecule has 22 heavy (non-hydrogen) atoms. The van der Waals surface area contributed by atoms with Crippen LogP contribution >= 0.6 is 15.9 Å². The van der Waals surface area contributed by atoms with Gasteiger partial charge in [0, 0.05) is 25.9 Å². The van der Waals surface area contributed by atoms with Gasteiger partial charge in [0.25, 0.3) is 0 Å². The lowest BCUT2D eigenvalue weighted by Gasteiger charge is -2.43. The summed E-state index contributed by atoms with van der Waals surface area (Å²) in [5.41, 5.74) is 0.0445. The summed E-state index contributed by atoms with van der Waals surface area (Å²) < 4.78 is 11.7. The highest BCUT2D eigenvalue weighted by molar-refractivity contribution is 9.10. The Morgan fingerprint density at radius 1 is 1.50 bits per heavy atom. The van der Waals surface area contributed by atoms with Gasteiger partial charge < -0.3 is 14.4 Å². The number of amides is 1. The highest BCUT2D eigenvalue weighted by Crippen LogP contribution is 2.39. The van der Waals surface area contributed by atoms with Crippen LogP contribution in [-0.2, 0) is 4.74 Å². The first-order valence-corrected chi connectivity index (χ1v) is 8.12. The summed E-state index contributed by atoms with van der Waals surface area (Å²) in [6.07, 6.45) is 2.86. The molecule has 0 unspecified atom stereocenters. The van der Waals surface area contributed by atoms with Crippen LogP contribution in [0, 0.1) is 0 Å². The molecular formula is C15H17BrN2O4. The third-order valence-corrected chi connectivity index (χ3v) is 4.58. The van der Waals surface area contributed by atoms with Gasteiger partial charge in [0.2, 0.25) is 0 Å². The summed E-state index contributed by atoms with van der Waals surface area (Å²) in [7, 11) is 0. The lowest BCUT2D eigenvalue weighted by atomic mass is 9.83. The van der Waals surface area contributed by atoms with E-state index in [4.69, 9.17) is 9.47 Å². The van der Waals surface area contributed by atoms with Crippen LogP contribution in [0.25, 0.3) is 0 Å². The van der Waals surface area contributed by atoms with Crippen LogP contribution in [0.15, 0.2) is 16.9 Å². The normalized spacial score (nSPS) is 19.5. The van der Waals surface area contributed by atoms with Gasteiger partial charge in [0.1, 0.15) is 16.0 Å². The molecule has 6 nitrogen and oxygen atoms in total. The van der Waals surface area contributed by atoms with Gasteiger partial charge in [-0.25, -0.2) is 9.78 Å². The van der Waals surface area contributed by atoms with E-state index >= 15 is 0 Å². The van der Waals surface area contributed by atoms with E-state index in [9.17, 15) is 9.59 Å². The maximum atomic E-state index is 12.4. The summed E-state index contributed by atoms with van der Waals surface area (Å²) >= 11 is 3.27. The Kier molecular flexibility index (Phi) is 4.08. The molecule has 1 spiro atoms. The van der Waals surface area contributed by atoms with Crippen LogP contribution in [0.2, 0.25) is 0 Å². The van der Waals surface area contributed by atoms with E-state index in [2.05, 4.69) is 20.9 Å². The van der Waals surface area contributed by atoms with Crippen molar-refractivity contribution >= 4 is 27.8 Å². The molecule has 1 amide bonds. The molecule has 0 atom stereocenters. The third kappa shape index (κ3) is 2.82. The van der Waals surface area contributed by atoms with Crippen molar-refractivity contribution in [3.63, 3.8) is 0 Å². The highest BCUT2D eigenvalue weighted by Gasteiger charge is 2.44. The first kappa shape index (κ1) is 15.3. The minimum atomic E-state index is -0.525. The fourth-order valence-corrected chi connectivity index (χ4v) is 3.30. The molecule has 0 radical (unpaired) electrons. The molecule has 2 aliphatic heterocycles. The predicted molar refractivity (Wildman–Crippen MR) is 82.1 cm³/mol. The standard InChI is InChI=1S/C15H17BrN2O4/c1-2-21-14(20)18-5-3-15(4-6-18)8-11(19)10-7-13(16)17-9-12(10)22-15/h7,9H,2-6,8H2,1H3. The number of ketones is 1. The fourth-order valence-electron chi connectivity index (χ4n) is 2.96. The molecule has 2 aliphatic rings. The zero-order valence-electron chi connectivity index (χ0n) is 12.3. The number of likely N-dealkylation sites (tertiary alicyclic amines) is 1. The van der Waals surface area contributed by atoms with Crippen molar-refractivity contribution in [2.75, 3.05) is 19.7 Å². The van der Waals surface area contributed by atoms with E-state index in [1.165, 1.54) is 0 Å². The van der Waals surface area contributed by atoms with E-state index in [1.807, 2.05) is 0 Å². The maximum absolute atomic E-state index is 12.4. The van der Waals surface area contributed by atoms with Crippen LogP contribution in [-0.4, -0.2) is 47.1 Å². The molecule has 118 valence electrons. The summed E-state index contributed by atoms with van der Waals surface area (Å²) in [4.78, 5) is 29.9. The maximum Gasteiger partial charge on any atom is 0.409 e. The lowest BCUT2D eigenvalue weighted by molar-refractivity contribution is -0.00887. The van der Waals surface area contributed by atoms with E-state index in [1.54, 1.807) is 24.1 Å². The average Bonchev–Trinajstić information content (AvgIpc) is 2.49. The lowest BCUT2D eigenvalue weighted by Crippen LogP contribution is -2.52. The van der Waals surface area contributed by atoms with E-state index in [0.29, 0.717) is 54.9 Å². The number of aromatic nitrogens is 1. The van der Waals surface area contributed by atoms with Crippen molar-refractivity contribution in [3.8, 4) is 5.75 Å². The van der Waals surface area contributed by atoms with Gasteiger partial charge in [-0.1, -0.05) is 0 Å². The van der Waals surface area contributed by atoms with Crippen molar-refractivity contribution in [2.24, 2.45) is 0 Å². The highest BCUT2D eigenvalue weighted by atomic mass is 79.9. The van der Waals surface area contributed by atoms with Gasteiger partial charge in [0.05, 0.1) is 24.8 Å². The number of nitrogens with zero attached hydrogens (tertiary/aromatic N) is 2. The number of Topliss-reactive ketones (excluding diaryl/α,β-unsaturated/α-hetero) is 1. The number of fused-ring (bicyclic) bond motifs is 1. The summed E-state index contributed by atoms with van der Waals surface area (Å²) in [6.45, 7) is 3.22. The Morgan fingerprint density at radius 2 is 2.23 bits per heavy atom. The number of hydrogen-bond acceptors (Lipinski definition) is 5. The predicted octanol–water partition coefficient (Wildman–Crippen LogP) is 2.80. The van der Waals surface area contributed by atoms with Crippen molar-refractivity contribution in [2.45, 2.75) is 31.8 Å². The Bertz CT molecular complexity index is 612. The Balaban J connectivity index is 1.73. The Morgan fingerprint density at radius 3 is 2.91 bits per heavy atom. The monoisotopic (exact) mass is 368 g/mol. The second-order valence-electron chi connectivity index (χ2n) is 5.57. The van der Waals surface area contributed by atoms with Crippen LogP contribution in [0.3, 0.4) is 0 Å². The molecular weight excluding hydrogens is 352 g/mol. The third-order valence-electron chi connectivity index (χ3n) is 4.14. The largest absolute Gasteiger partial charge is 0.484 e. The van der Waals surface area contributed by atoms with Crippen molar-refractivity contribution in [1.82, 2.24) is 9.88 Å². The van der Waals surface area contributed by atoms with Crippen LogP contribution in [0.1, 0.15) is 36.5 Å². The quantitative estimate of drug-likeness (QED) is 0.712. The fraction of sp³-hybridized carbons (Fsp3) is 0.533. The van der Waals surface area contributed by atoms with Crippen LogP contribution in [0.5, 0.6) is 5.75 Å². The number of pyridine rings is 1. The molecule has 0 bridgehead atoms. The van der Waals surface area contributed by atoms with E-state index < -0.39 is 5.60 Å². The zero-order chi connectivity index (χ0) is 15.7. The molecule has 7 heteroatoms. The molecule has 0 saturated carbocycles. The van der Waals surface area contributed by atoms with Gasteiger partial charge in [-0.05, 0) is 28.9 Å². The summed E-state index contributed by atoms with van der Waals surface area (Å²) in [5.74, 6) is 0.595. The Labute approximate surface area is 136 Å². The SMILES string of the molecule is CCOC(=O)N1CCC2(CC1)CC(=O)c1cc(Br)ncc1O2.